The molecule has 1 saturated carbocycles. The van der Waals surface area contributed by atoms with Crippen LogP contribution in [0.3, 0.4) is 0 Å². The van der Waals surface area contributed by atoms with Gasteiger partial charge >= 0.3 is 5.97 Å². The molecule has 1 aromatic carbocycles. The predicted octanol–water partition coefficient (Wildman–Crippen LogP) is 2.38. The van der Waals surface area contributed by atoms with Crippen LogP contribution in [0.1, 0.15) is 25.7 Å². The van der Waals surface area contributed by atoms with Crippen LogP contribution in [0.15, 0.2) is 39.7 Å². The van der Waals surface area contributed by atoms with Crippen LogP contribution in [0.2, 0.25) is 0 Å². The minimum Gasteiger partial charge on any atom is -0.481 e. The third kappa shape index (κ3) is 2.47. The molecule has 0 atom stereocenters. The fraction of sp³-hybridized carbons (Fsp3) is 0.312. The molecule has 1 fully saturated rings. The molecule has 2 N–H and O–H groups in total. The SMILES string of the molecule is O=C(CC1(C(=O)O)CCC1)Nc1ccc2occc(=O)c2c1. The average Bonchev–Trinajstić information content (AvgIpc) is 2.43. The van der Waals surface area contributed by atoms with Crippen molar-refractivity contribution in [3.63, 3.8) is 0 Å². The molecule has 3 rings (SSSR count). The van der Waals surface area contributed by atoms with Crippen LogP contribution in [-0.4, -0.2) is 17.0 Å². The predicted molar refractivity (Wildman–Crippen MR) is 79.7 cm³/mol. The lowest BCUT2D eigenvalue weighted by atomic mass is 9.66. The molecular weight excluding hydrogens is 286 g/mol. The first-order valence-corrected chi connectivity index (χ1v) is 7.05. The average molecular weight is 301 g/mol. The number of nitrogens with one attached hydrogen (secondary N) is 1. The summed E-state index contributed by atoms with van der Waals surface area (Å²) in [7, 11) is 0. The Balaban J connectivity index is 1.78. The van der Waals surface area contributed by atoms with Gasteiger partial charge in [-0.3, -0.25) is 14.4 Å². The van der Waals surface area contributed by atoms with Crippen molar-refractivity contribution in [2.45, 2.75) is 25.7 Å². The lowest BCUT2D eigenvalue weighted by Crippen LogP contribution is -2.41. The zero-order chi connectivity index (χ0) is 15.7. The second-order valence-corrected chi connectivity index (χ2v) is 5.66. The molecule has 0 radical (unpaired) electrons. The Labute approximate surface area is 125 Å². The van der Waals surface area contributed by atoms with Crippen molar-refractivity contribution < 1.29 is 19.1 Å². The van der Waals surface area contributed by atoms with Gasteiger partial charge in [0.05, 0.1) is 17.1 Å². The summed E-state index contributed by atoms with van der Waals surface area (Å²) in [4.78, 5) is 35.1. The van der Waals surface area contributed by atoms with Crippen LogP contribution >= 0.6 is 0 Å². The molecule has 1 aromatic heterocycles. The van der Waals surface area contributed by atoms with Gasteiger partial charge in [0.2, 0.25) is 5.91 Å². The van der Waals surface area contributed by atoms with E-state index in [2.05, 4.69) is 5.32 Å². The van der Waals surface area contributed by atoms with Crippen LogP contribution in [0, 0.1) is 5.41 Å². The van der Waals surface area contributed by atoms with E-state index in [1.807, 2.05) is 0 Å². The van der Waals surface area contributed by atoms with Gasteiger partial charge in [0.25, 0.3) is 0 Å². The lowest BCUT2D eigenvalue weighted by molar-refractivity contribution is -0.157. The summed E-state index contributed by atoms with van der Waals surface area (Å²) in [5, 5.41) is 12.3. The molecule has 1 heterocycles. The highest BCUT2D eigenvalue weighted by atomic mass is 16.4. The number of aliphatic carboxylic acids is 1. The van der Waals surface area contributed by atoms with Gasteiger partial charge < -0.3 is 14.8 Å². The fourth-order valence-corrected chi connectivity index (χ4v) is 2.74. The number of hydrogen-bond acceptors (Lipinski definition) is 4. The van der Waals surface area contributed by atoms with Crippen LogP contribution in [0.5, 0.6) is 0 Å². The van der Waals surface area contributed by atoms with E-state index in [1.54, 1.807) is 12.1 Å². The van der Waals surface area contributed by atoms with Crippen LogP contribution < -0.4 is 10.7 Å². The molecule has 22 heavy (non-hydrogen) atoms. The van der Waals surface area contributed by atoms with Gasteiger partial charge in [-0.1, -0.05) is 6.42 Å². The van der Waals surface area contributed by atoms with E-state index in [4.69, 9.17) is 4.42 Å². The van der Waals surface area contributed by atoms with Crippen molar-refractivity contribution in [1.29, 1.82) is 0 Å². The molecule has 0 spiro atoms. The number of carbonyl (C=O) groups excluding carboxylic acids is 1. The summed E-state index contributed by atoms with van der Waals surface area (Å²) in [6.07, 6.45) is 3.14. The third-order valence-corrected chi connectivity index (χ3v) is 4.21. The molecule has 114 valence electrons. The monoisotopic (exact) mass is 301 g/mol. The quantitative estimate of drug-likeness (QED) is 0.903. The van der Waals surface area contributed by atoms with Crippen LogP contribution in [0.25, 0.3) is 11.0 Å². The largest absolute Gasteiger partial charge is 0.481 e. The first-order valence-electron chi connectivity index (χ1n) is 7.05. The molecule has 0 saturated heterocycles. The maximum absolute atomic E-state index is 12.1. The van der Waals surface area contributed by atoms with Gasteiger partial charge in [0.15, 0.2) is 5.43 Å². The van der Waals surface area contributed by atoms with Crippen molar-refractivity contribution in [3.8, 4) is 0 Å². The minimum atomic E-state index is -0.931. The Morgan fingerprint density at radius 1 is 1.27 bits per heavy atom. The molecule has 1 aliphatic rings. The second-order valence-electron chi connectivity index (χ2n) is 5.66. The summed E-state index contributed by atoms with van der Waals surface area (Å²) >= 11 is 0. The summed E-state index contributed by atoms with van der Waals surface area (Å²) < 4.78 is 5.20. The number of rotatable bonds is 4. The second kappa shape index (κ2) is 5.29. The minimum absolute atomic E-state index is 0.0518. The molecule has 6 nitrogen and oxygen atoms in total. The van der Waals surface area contributed by atoms with E-state index in [0.29, 0.717) is 29.5 Å². The number of carboxylic acids is 1. The van der Waals surface area contributed by atoms with Gasteiger partial charge in [-0.2, -0.15) is 0 Å². The van der Waals surface area contributed by atoms with Crippen molar-refractivity contribution in [2.75, 3.05) is 5.32 Å². The smallest absolute Gasteiger partial charge is 0.310 e. The first kappa shape index (κ1) is 14.3. The maximum atomic E-state index is 12.1. The Morgan fingerprint density at radius 3 is 2.68 bits per heavy atom. The van der Waals surface area contributed by atoms with Crippen molar-refractivity contribution >= 4 is 28.5 Å². The number of benzene rings is 1. The topological polar surface area (TPSA) is 96.6 Å². The molecule has 1 amide bonds. The fourth-order valence-electron chi connectivity index (χ4n) is 2.74. The third-order valence-electron chi connectivity index (χ3n) is 4.21. The Morgan fingerprint density at radius 2 is 2.05 bits per heavy atom. The standard InChI is InChI=1S/C16H15NO5/c18-12-4-7-22-13-3-2-10(8-11(12)13)17-14(19)9-16(15(20)21)5-1-6-16/h2-4,7-8H,1,5-6,9H2,(H,17,19)(H,20,21). The zero-order valence-electron chi connectivity index (χ0n) is 11.8. The summed E-state index contributed by atoms with van der Waals surface area (Å²) in [6, 6.07) is 6.06. The van der Waals surface area contributed by atoms with Gasteiger partial charge in [-0.25, -0.2) is 0 Å². The highest BCUT2D eigenvalue weighted by Gasteiger charge is 2.45. The molecular formula is C16H15NO5. The summed E-state index contributed by atoms with van der Waals surface area (Å²) in [5.74, 6) is -1.28. The Hall–Kier alpha value is -2.63. The number of amides is 1. The van der Waals surface area contributed by atoms with Crippen LogP contribution in [0.4, 0.5) is 5.69 Å². The Bertz CT molecular complexity index is 804. The van der Waals surface area contributed by atoms with Crippen molar-refractivity contribution in [3.05, 3.63) is 40.8 Å². The van der Waals surface area contributed by atoms with Crippen molar-refractivity contribution in [1.82, 2.24) is 0 Å². The number of anilines is 1. The molecule has 0 unspecified atom stereocenters. The summed E-state index contributed by atoms with van der Waals surface area (Å²) in [6.45, 7) is 0. The normalized spacial score (nSPS) is 16.0. The maximum Gasteiger partial charge on any atom is 0.310 e. The number of hydrogen-bond donors (Lipinski definition) is 2. The summed E-state index contributed by atoms with van der Waals surface area (Å²) in [5.41, 5.74) is -0.235. The lowest BCUT2D eigenvalue weighted by Gasteiger charge is -2.36. The van der Waals surface area contributed by atoms with E-state index < -0.39 is 11.4 Å². The molecule has 0 aliphatic heterocycles. The molecule has 6 heteroatoms. The van der Waals surface area contributed by atoms with Gasteiger partial charge in [-0.15, -0.1) is 0 Å². The highest BCUT2D eigenvalue weighted by Crippen LogP contribution is 2.44. The van der Waals surface area contributed by atoms with Crippen LogP contribution in [-0.2, 0) is 9.59 Å². The first-order chi connectivity index (χ1) is 10.5. The van der Waals surface area contributed by atoms with E-state index >= 15 is 0 Å². The molecule has 2 aromatic rings. The highest BCUT2D eigenvalue weighted by molar-refractivity contribution is 5.96. The number of carbonyl (C=O) groups is 2. The van der Waals surface area contributed by atoms with E-state index in [-0.39, 0.29) is 17.8 Å². The van der Waals surface area contributed by atoms with Gasteiger partial charge in [-0.05, 0) is 31.0 Å². The van der Waals surface area contributed by atoms with E-state index in [9.17, 15) is 19.5 Å². The number of fused-ring (bicyclic) bond motifs is 1. The van der Waals surface area contributed by atoms with Gasteiger partial charge in [0.1, 0.15) is 5.58 Å². The Kier molecular flexibility index (Phi) is 3.44. The molecule has 0 bridgehead atoms. The van der Waals surface area contributed by atoms with E-state index in [0.717, 1.165) is 6.42 Å². The number of carboxylic acid groups (broad SMARTS) is 1. The van der Waals surface area contributed by atoms with Crippen molar-refractivity contribution in [2.24, 2.45) is 5.41 Å². The van der Waals surface area contributed by atoms with Gasteiger partial charge in [0, 0.05) is 18.2 Å². The molecule has 1 aliphatic carbocycles. The van der Waals surface area contributed by atoms with E-state index in [1.165, 1.54) is 18.4 Å². The zero-order valence-corrected chi connectivity index (χ0v) is 11.8.